The van der Waals surface area contributed by atoms with Crippen molar-refractivity contribution in [2.75, 3.05) is 6.54 Å². The van der Waals surface area contributed by atoms with Gasteiger partial charge in [-0.05, 0) is 65.6 Å². The topological polar surface area (TPSA) is 64.6 Å². The number of rotatable bonds is 10. The lowest BCUT2D eigenvalue weighted by atomic mass is 9.70. The standard InChI is InChI=1S/C30H22F9NO4S/c31-28(32,33)23-11-6-14-26(17-23)45(41,42)40-19-27(18-20-7-2-1-3-8-20,21-9-4-12-24(15-21)43-29(34,35)36)22-10-5-13-25(16-22)44-30(37,38)39/h1-17,40H,18-19H2. The van der Waals surface area contributed by atoms with E-state index in [1.165, 1.54) is 24.3 Å². The molecule has 0 aromatic heterocycles. The Bertz CT molecular complexity index is 1660. The molecule has 0 fully saturated rings. The zero-order chi connectivity index (χ0) is 33.1. The van der Waals surface area contributed by atoms with Crippen LogP contribution in [0, 0.1) is 0 Å². The number of benzene rings is 4. The second kappa shape index (κ2) is 12.6. The van der Waals surface area contributed by atoms with Crippen molar-refractivity contribution in [2.24, 2.45) is 0 Å². The predicted molar refractivity (Wildman–Crippen MR) is 144 cm³/mol. The minimum absolute atomic E-state index is 0.0241. The SMILES string of the molecule is O=S(=O)(NCC(Cc1ccccc1)(c1cccc(OC(F)(F)F)c1)c1cccc(OC(F)(F)F)c1)c1cccc(C(F)(F)F)c1. The van der Waals surface area contributed by atoms with Gasteiger partial charge in [0.2, 0.25) is 10.0 Å². The van der Waals surface area contributed by atoms with Crippen LogP contribution in [-0.4, -0.2) is 27.7 Å². The van der Waals surface area contributed by atoms with Gasteiger partial charge in [-0.1, -0.05) is 60.7 Å². The summed E-state index contributed by atoms with van der Waals surface area (Å²) < 4.78 is 156. The molecule has 0 amide bonds. The second-order valence-corrected chi connectivity index (χ2v) is 11.5. The van der Waals surface area contributed by atoms with Gasteiger partial charge >= 0.3 is 18.9 Å². The molecular formula is C30H22F9NO4S. The van der Waals surface area contributed by atoms with Gasteiger partial charge in [-0.2, -0.15) is 13.2 Å². The first-order valence-electron chi connectivity index (χ1n) is 12.8. The van der Waals surface area contributed by atoms with Crippen molar-refractivity contribution < 1.29 is 57.4 Å². The van der Waals surface area contributed by atoms with Crippen LogP contribution in [0.15, 0.2) is 108 Å². The Morgan fingerprint density at radius 1 is 0.578 bits per heavy atom. The average Bonchev–Trinajstić information content (AvgIpc) is 2.94. The lowest BCUT2D eigenvalue weighted by Crippen LogP contribution is -2.43. The fourth-order valence-corrected chi connectivity index (χ4v) is 5.85. The Morgan fingerprint density at radius 2 is 1.07 bits per heavy atom. The first-order valence-corrected chi connectivity index (χ1v) is 14.3. The molecule has 4 aromatic rings. The molecule has 0 unspecified atom stereocenters. The van der Waals surface area contributed by atoms with E-state index in [0.717, 1.165) is 36.4 Å². The maximum absolute atomic E-state index is 13.4. The predicted octanol–water partition coefficient (Wildman–Crippen LogP) is 8.01. The molecule has 240 valence electrons. The molecule has 1 N–H and O–H groups in total. The summed E-state index contributed by atoms with van der Waals surface area (Å²) in [5, 5.41) is 0. The molecule has 0 spiro atoms. The van der Waals surface area contributed by atoms with E-state index in [1.807, 2.05) is 0 Å². The third-order valence-corrected chi connectivity index (χ3v) is 8.02. The van der Waals surface area contributed by atoms with Crippen molar-refractivity contribution in [3.05, 3.63) is 125 Å². The normalized spacial score (nSPS) is 13.0. The Labute approximate surface area is 251 Å². The third kappa shape index (κ3) is 8.91. The van der Waals surface area contributed by atoms with Gasteiger partial charge in [0.1, 0.15) is 11.5 Å². The zero-order valence-electron chi connectivity index (χ0n) is 22.7. The highest BCUT2D eigenvalue weighted by Crippen LogP contribution is 2.40. The molecule has 0 radical (unpaired) electrons. The Kier molecular flexibility index (Phi) is 9.45. The van der Waals surface area contributed by atoms with E-state index >= 15 is 0 Å². The highest BCUT2D eigenvalue weighted by atomic mass is 32.2. The summed E-state index contributed by atoms with van der Waals surface area (Å²) in [4.78, 5) is -0.769. The van der Waals surface area contributed by atoms with Crippen molar-refractivity contribution >= 4 is 10.0 Å². The highest BCUT2D eigenvalue weighted by molar-refractivity contribution is 7.89. The first kappa shape index (κ1) is 33.6. The lowest BCUT2D eigenvalue weighted by molar-refractivity contribution is -0.275. The van der Waals surface area contributed by atoms with Crippen molar-refractivity contribution in [2.45, 2.75) is 35.6 Å². The smallest absolute Gasteiger partial charge is 0.406 e. The van der Waals surface area contributed by atoms with E-state index in [9.17, 15) is 47.9 Å². The minimum Gasteiger partial charge on any atom is -0.406 e. The van der Waals surface area contributed by atoms with Gasteiger partial charge in [-0.3, -0.25) is 0 Å². The molecule has 0 aliphatic heterocycles. The molecule has 15 heteroatoms. The van der Waals surface area contributed by atoms with Gasteiger partial charge in [-0.25, -0.2) is 13.1 Å². The van der Waals surface area contributed by atoms with Gasteiger partial charge in [-0.15, -0.1) is 26.3 Å². The van der Waals surface area contributed by atoms with Gasteiger partial charge in [0.15, 0.2) is 0 Å². The Hall–Kier alpha value is -4.24. The van der Waals surface area contributed by atoms with Crippen molar-refractivity contribution in [3.8, 4) is 11.5 Å². The number of hydrogen-bond acceptors (Lipinski definition) is 4. The van der Waals surface area contributed by atoms with Crippen molar-refractivity contribution in [1.82, 2.24) is 4.72 Å². The van der Waals surface area contributed by atoms with Gasteiger partial charge < -0.3 is 9.47 Å². The molecule has 4 rings (SSSR count). The van der Waals surface area contributed by atoms with E-state index < -0.39 is 62.8 Å². The van der Waals surface area contributed by atoms with Crippen molar-refractivity contribution in [3.63, 3.8) is 0 Å². The van der Waals surface area contributed by atoms with Crippen LogP contribution in [0.25, 0.3) is 0 Å². The molecule has 4 aromatic carbocycles. The summed E-state index contributed by atoms with van der Waals surface area (Å²) in [5.74, 6) is -1.42. The number of alkyl halides is 9. The molecule has 0 atom stereocenters. The van der Waals surface area contributed by atoms with Gasteiger partial charge in [0.25, 0.3) is 0 Å². The summed E-state index contributed by atoms with van der Waals surface area (Å²) in [5.41, 5.74) is -2.59. The molecule has 0 bridgehead atoms. The molecule has 0 saturated heterocycles. The number of nitrogens with one attached hydrogen (secondary N) is 1. The molecule has 5 nitrogen and oxygen atoms in total. The maximum Gasteiger partial charge on any atom is 0.573 e. The van der Waals surface area contributed by atoms with Crippen LogP contribution >= 0.6 is 0 Å². The van der Waals surface area contributed by atoms with Gasteiger partial charge in [0, 0.05) is 12.0 Å². The van der Waals surface area contributed by atoms with E-state index in [-0.39, 0.29) is 17.5 Å². The van der Waals surface area contributed by atoms with Crippen LogP contribution in [-0.2, 0) is 28.0 Å². The first-order chi connectivity index (χ1) is 20.9. The fraction of sp³-hybridized carbons (Fsp3) is 0.200. The van der Waals surface area contributed by atoms with Crippen LogP contribution in [0.2, 0.25) is 0 Å². The summed E-state index contributed by atoms with van der Waals surface area (Å²) in [6.45, 7) is -0.731. The van der Waals surface area contributed by atoms with E-state index in [0.29, 0.717) is 17.7 Å². The molecule has 0 heterocycles. The Morgan fingerprint density at radius 3 is 1.56 bits per heavy atom. The quantitative estimate of drug-likeness (QED) is 0.175. The molecule has 0 aliphatic carbocycles. The average molecular weight is 664 g/mol. The van der Waals surface area contributed by atoms with E-state index in [1.54, 1.807) is 30.3 Å². The summed E-state index contributed by atoms with van der Waals surface area (Å²) in [6, 6.07) is 19.8. The molecule has 45 heavy (non-hydrogen) atoms. The van der Waals surface area contributed by atoms with Crippen LogP contribution in [0.1, 0.15) is 22.3 Å². The van der Waals surface area contributed by atoms with Crippen molar-refractivity contribution in [1.29, 1.82) is 0 Å². The zero-order valence-corrected chi connectivity index (χ0v) is 23.5. The van der Waals surface area contributed by atoms with Crippen LogP contribution in [0.5, 0.6) is 11.5 Å². The lowest BCUT2D eigenvalue weighted by Gasteiger charge is -2.36. The number of hydrogen-bond donors (Lipinski definition) is 1. The van der Waals surface area contributed by atoms with Crippen LogP contribution < -0.4 is 14.2 Å². The Balaban J connectivity index is 1.91. The monoisotopic (exact) mass is 663 g/mol. The van der Waals surface area contributed by atoms with Gasteiger partial charge in [0.05, 0.1) is 10.5 Å². The second-order valence-electron chi connectivity index (χ2n) is 9.75. The highest BCUT2D eigenvalue weighted by Gasteiger charge is 2.39. The maximum atomic E-state index is 13.4. The molecule has 0 aliphatic rings. The molecular weight excluding hydrogens is 641 g/mol. The molecule has 0 saturated carbocycles. The minimum atomic E-state index is -5.12. The summed E-state index contributed by atoms with van der Waals surface area (Å²) in [6.07, 6.45) is -15.3. The van der Waals surface area contributed by atoms with Crippen LogP contribution in [0.3, 0.4) is 0 Å². The van der Waals surface area contributed by atoms with Crippen LogP contribution in [0.4, 0.5) is 39.5 Å². The number of halogens is 9. The number of ether oxygens (including phenoxy) is 2. The summed E-state index contributed by atoms with van der Waals surface area (Å²) in [7, 11) is -4.73. The number of sulfonamides is 1. The van der Waals surface area contributed by atoms with E-state index in [2.05, 4.69) is 14.2 Å². The third-order valence-electron chi connectivity index (χ3n) is 6.62. The summed E-state index contributed by atoms with van der Waals surface area (Å²) >= 11 is 0. The fourth-order valence-electron chi connectivity index (χ4n) is 4.70. The van der Waals surface area contributed by atoms with E-state index in [4.69, 9.17) is 0 Å². The largest absolute Gasteiger partial charge is 0.573 e.